The number of aryl methyl sites for hydroxylation is 1. The molecule has 2 rings (SSSR count). The average Bonchev–Trinajstić information content (AvgIpc) is 2.72. The zero-order chi connectivity index (χ0) is 24.1. The van der Waals surface area contributed by atoms with Crippen molar-refractivity contribution >= 4 is 37.6 Å². The first-order valence-electron chi connectivity index (χ1n) is 9.10. The molecular weight excluding hydrogens is 462 g/mol. The van der Waals surface area contributed by atoms with Crippen LogP contribution >= 0.6 is 0 Å². The Kier molecular flexibility index (Phi) is 7.96. The lowest BCUT2D eigenvalue weighted by Crippen LogP contribution is -2.40. The molecule has 0 heterocycles. The van der Waals surface area contributed by atoms with Crippen molar-refractivity contribution in [2.24, 2.45) is 5.14 Å². The first-order chi connectivity index (χ1) is 14.8. The van der Waals surface area contributed by atoms with Gasteiger partial charge in [0.05, 0.1) is 16.9 Å². The largest absolute Gasteiger partial charge is 0.497 e. The van der Waals surface area contributed by atoms with E-state index in [0.717, 1.165) is 0 Å². The maximum atomic E-state index is 12.4. The number of ether oxygens (including phenoxy) is 2. The molecule has 0 aliphatic carbocycles. The Morgan fingerprint density at radius 1 is 1.06 bits per heavy atom. The normalized spacial score (nSPS) is 12.6. The lowest BCUT2D eigenvalue weighted by atomic mass is 10.2. The summed E-state index contributed by atoms with van der Waals surface area (Å²) in [6.07, 6.45) is 0. The predicted octanol–water partition coefficient (Wildman–Crippen LogP) is 0.500. The number of rotatable bonds is 9. The molecule has 0 aliphatic rings. The second-order valence-corrected chi connectivity index (χ2v) is 9.94. The van der Waals surface area contributed by atoms with Gasteiger partial charge in [-0.3, -0.25) is 9.59 Å². The number of hydrogen-bond acceptors (Lipinski definition) is 8. The van der Waals surface area contributed by atoms with Crippen LogP contribution in [0.15, 0.2) is 52.3 Å². The van der Waals surface area contributed by atoms with Crippen LogP contribution in [-0.2, 0) is 34.4 Å². The Morgan fingerprint density at radius 3 is 2.25 bits per heavy atom. The van der Waals surface area contributed by atoms with Gasteiger partial charge in [0, 0.05) is 5.69 Å². The van der Waals surface area contributed by atoms with Crippen LogP contribution < -0.4 is 19.9 Å². The van der Waals surface area contributed by atoms with E-state index < -0.39 is 44.6 Å². The third-order valence-electron chi connectivity index (χ3n) is 4.18. The van der Waals surface area contributed by atoms with E-state index in [-0.39, 0.29) is 15.5 Å². The summed E-state index contributed by atoms with van der Waals surface area (Å²) in [5, 5.41) is 7.50. The van der Waals surface area contributed by atoms with Gasteiger partial charge in [0.1, 0.15) is 11.8 Å². The molecule has 0 fully saturated rings. The van der Waals surface area contributed by atoms with Crippen LogP contribution in [-0.4, -0.2) is 48.5 Å². The molecule has 2 aromatic carbocycles. The van der Waals surface area contributed by atoms with Crippen LogP contribution in [0.25, 0.3) is 0 Å². The molecule has 1 amide bonds. The molecule has 0 radical (unpaired) electrons. The van der Waals surface area contributed by atoms with Gasteiger partial charge in [-0.2, -0.15) is 4.72 Å². The molecule has 0 saturated heterocycles. The fourth-order valence-electron chi connectivity index (χ4n) is 2.55. The summed E-state index contributed by atoms with van der Waals surface area (Å²) in [4.78, 5) is 23.9. The lowest BCUT2D eigenvalue weighted by molar-refractivity contribution is -0.148. The van der Waals surface area contributed by atoms with Crippen LogP contribution in [0.3, 0.4) is 0 Å². The number of amides is 1. The van der Waals surface area contributed by atoms with Crippen LogP contribution in [0.1, 0.15) is 12.5 Å². The zero-order valence-electron chi connectivity index (χ0n) is 17.5. The Labute approximate surface area is 186 Å². The fraction of sp³-hybridized carbons (Fsp3) is 0.263. The number of methoxy groups -OCH3 is 1. The molecule has 2 aromatic rings. The predicted molar refractivity (Wildman–Crippen MR) is 115 cm³/mol. The van der Waals surface area contributed by atoms with Gasteiger partial charge in [0.2, 0.25) is 20.0 Å². The number of primary sulfonamides is 1. The molecule has 174 valence electrons. The Balaban J connectivity index is 1.94. The minimum Gasteiger partial charge on any atom is -0.497 e. The maximum absolute atomic E-state index is 12.4. The number of anilines is 1. The first-order valence-corrected chi connectivity index (χ1v) is 12.1. The van der Waals surface area contributed by atoms with Gasteiger partial charge >= 0.3 is 5.97 Å². The second kappa shape index (κ2) is 10.1. The summed E-state index contributed by atoms with van der Waals surface area (Å²) < 4.78 is 59.8. The maximum Gasteiger partial charge on any atom is 0.324 e. The van der Waals surface area contributed by atoms with E-state index in [1.165, 1.54) is 56.5 Å². The van der Waals surface area contributed by atoms with Gasteiger partial charge in [0.15, 0.2) is 6.61 Å². The Bertz CT molecular complexity index is 1210. The minimum atomic E-state index is -4.02. The Hall–Kier alpha value is -3.00. The fourth-order valence-corrected chi connectivity index (χ4v) is 4.55. The molecule has 11 nitrogen and oxygen atoms in total. The molecule has 0 aliphatic heterocycles. The van der Waals surface area contributed by atoms with Crippen molar-refractivity contribution in [1.29, 1.82) is 0 Å². The zero-order valence-corrected chi connectivity index (χ0v) is 19.1. The van der Waals surface area contributed by atoms with Crippen molar-refractivity contribution in [3.63, 3.8) is 0 Å². The molecule has 0 aromatic heterocycles. The molecule has 0 saturated carbocycles. The van der Waals surface area contributed by atoms with E-state index in [9.17, 15) is 26.4 Å². The van der Waals surface area contributed by atoms with Gasteiger partial charge in [-0.25, -0.2) is 22.0 Å². The van der Waals surface area contributed by atoms with Crippen molar-refractivity contribution in [3.05, 3.63) is 48.0 Å². The number of hydrogen-bond donors (Lipinski definition) is 3. The smallest absolute Gasteiger partial charge is 0.324 e. The van der Waals surface area contributed by atoms with Gasteiger partial charge in [-0.15, -0.1) is 0 Å². The molecule has 1 unspecified atom stereocenters. The van der Waals surface area contributed by atoms with E-state index in [1.807, 2.05) is 0 Å². The number of esters is 1. The number of benzene rings is 2. The van der Waals surface area contributed by atoms with Gasteiger partial charge in [0.25, 0.3) is 5.91 Å². The van der Waals surface area contributed by atoms with Crippen molar-refractivity contribution in [2.75, 3.05) is 19.0 Å². The summed E-state index contributed by atoms with van der Waals surface area (Å²) in [6, 6.07) is 8.34. The van der Waals surface area contributed by atoms with E-state index >= 15 is 0 Å². The molecule has 32 heavy (non-hydrogen) atoms. The van der Waals surface area contributed by atoms with E-state index in [0.29, 0.717) is 11.3 Å². The van der Waals surface area contributed by atoms with E-state index in [4.69, 9.17) is 14.6 Å². The van der Waals surface area contributed by atoms with Crippen molar-refractivity contribution in [3.8, 4) is 5.75 Å². The monoisotopic (exact) mass is 485 g/mol. The second-order valence-electron chi connectivity index (χ2n) is 6.70. The highest BCUT2D eigenvalue weighted by molar-refractivity contribution is 7.89. The van der Waals surface area contributed by atoms with Gasteiger partial charge in [-0.1, -0.05) is 6.07 Å². The van der Waals surface area contributed by atoms with Crippen LogP contribution in [0, 0.1) is 6.92 Å². The number of carbonyl (C=O) groups is 2. The van der Waals surface area contributed by atoms with Crippen LogP contribution in [0.5, 0.6) is 5.75 Å². The summed E-state index contributed by atoms with van der Waals surface area (Å²) in [5.41, 5.74) is 0.531. The summed E-state index contributed by atoms with van der Waals surface area (Å²) in [5.74, 6) is -1.27. The average molecular weight is 486 g/mol. The topological polar surface area (TPSA) is 171 Å². The highest BCUT2D eigenvalue weighted by Gasteiger charge is 2.24. The first kappa shape index (κ1) is 25.3. The number of carbonyl (C=O) groups excluding carboxylic acids is 2. The Morgan fingerprint density at radius 2 is 1.69 bits per heavy atom. The molecule has 4 N–H and O–H groups in total. The lowest BCUT2D eigenvalue weighted by Gasteiger charge is -2.14. The highest BCUT2D eigenvalue weighted by atomic mass is 32.2. The van der Waals surface area contributed by atoms with E-state index in [2.05, 4.69) is 10.0 Å². The third-order valence-corrected chi connectivity index (χ3v) is 6.79. The molecule has 13 heteroatoms. The molecular formula is C19H23N3O8S2. The van der Waals surface area contributed by atoms with Gasteiger partial charge in [-0.05, 0) is 55.8 Å². The SMILES string of the molecule is COc1ccc(S(=O)(=O)NC(C)C(=O)OCC(=O)Nc2ccc(C)c(S(N)(=O)=O)c2)cc1. The van der Waals surface area contributed by atoms with Gasteiger partial charge < -0.3 is 14.8 Å². The summed E-state index contributed by atoms with van der Waals surface area (Å²) in [6.45, 7) is 2.09. The van der Waals surface area contributed by atoms with Crippen LogP contribution in [0.2, 0.25) is 0 Å². The number of sulfonamides is 2. The third kappa shape index (κ3) is 6.75. The molecule has 0 bridgehead atoms. The van der Waals surface area contributed by atoms with Crippen LogP contribution in [0.4, 0.5) is 5.69 Å². The van der Waals surface area contributed by atoms with E-state index in [1.54, 1.807) is 6.92 Å². The standard InChI is InChI=1S/C19H23N3O8S2/c1-12-4-5-14(10-17(12)31(20,25)26)21-18(23)11-30-19(24)13(2)22-32(27,28)16-8-6-15(29-3)7-9-16/h4-10,13,22H,11H2,1-3H3,(H,21,23)(H2,20,25,26). The molecule has 0 spiro atoms. The summed E-state index contributed by atoms with van der Waals surface area (Å²) in [7, 11) is -6.56. The molecule has 1 atom stereocenters. The summed E-state index contributed by atoms with van der Waals surface area (Å²) >= 11 is 0. The number of nitrogens with one attached hydrogen (secondary N) is 2. The minimum absolute atomic E-state index is 0.0827. The van der Waals surface area contributed by atoms with Crippen molar-refractivity contribution in [1.82, 2.24) is 4.72 Å². The highest BCUT2D eigenvalue weighted by Crippen LogP contribution is 2.19. The quantitative estimate of drug-likeness (QED) is 0.431. The van der Waals surface area contributed by atoms with Crippen molar-refractivity contribution in [2.45, 2.75) is 29.7 Å². The number of nitrogens with two attached hydrogens (primary N) is 1. The van der Waals surface area contributed by atoms with Crippen molar-refractivity contribution < 1.29 is 35.9 Å².